The third kappa shape index (κ3) is 2.59. The van der Waals surface area contributed by atoms with Crippen LogP contribution < -0.4 is 5.32 Å². The first-order chi connectivity index (χ1) is 9.70. The van der Waals surface area contributed by atoms with Gasteiger partial charge in [-0.25, -0.2) is 0 Å². The van der Waals surface area contributed by atoms with Gasteiger partial charge in [0.2, 0.25) is 5.91 Å². The van der Waals surface area contributed by atoms with Gasteiger partial charge in [0.25, 0.3) is 0 Å². The lowest BCUT2D eigenvalue weighted by molar-refractivity contribution is -0.148. The number of hydrogen-bond acceptors (Lipinski definition) is 2. The first-order valence-electron chi connectivity index (χ1n) is 7.75. The molecule has 2 heterocycles. The molecule has 108 valence electrons. The minimum Gasteiger partial charge on any atom is -0.338 e. The maximum absolute atomic E-state index is 12.9. The molecule has 0 saturated carbocycles. The molecule has 2 aliphatic rings. The van der Waals surface area contributed by atoms with Gasteiger partial charge in [-0.05, 0) is 44.7 Å². The highest BCUT2D eigenvalue weighted by atomic mass is 16.2. The van der Waals surface area contributed by atoms with E-state index in [1.807, 2.05) is 0 Å². The molecular formula is C17H24N2O. The molecule has 1 amide bonds. The van der Waals surface area contributed by atoms with Crippen molar-refractivity contribution in [1.82, 2.24) is 10.2 Å². The first kappa shape index (κ1) is 13.6. The molecule has 2 fully saturated rings. The van der Waals surface area contributed by atoms with Gasteiger partial charge >= 0.3 is 0 Å². The average Bonchev–Trinajstić information content (AvgIpc) is 2.45. The fourth-order valence-electron chi connectivity index (χ4n) is 3.70. The van der Waals surface area contributed by atoms with Crippen molar-refractivity contribution in [2.24, 2.45) is 5.41 Å². The number of rotatable bonds is 2. The Morgan fingerprint density at radius 2 is 2.15 bits per heavy atom. The van der Waals surface area contributed by atoms with E-state index in [0.29, 0.717) is 5.91 Å². The van der Waals surface area contributed by atoms with E-state index < -0.39 is 0 Å². The summed E-state index contributed by atoms with van der Waals surface area (Å²) in [4.78, 5) is 15.0. The Labute approximate surface area is 121 Å². The highest BCUT2D eigenvalue weighted by Gasteiger charge is 2.44. The standard InChI is InChI=1S/C17H24N2O/c1-14-5-2-6-15(11-14)12-19-10-4-8-17(16(19)20)7-3-9-18-13-17/h2,5-6,11,18H,3-4,7-10,12-13H2,1H3. The maximum atomic E-state index is 12.9. The van der Waals surface area contributed by atoms with Crippen LogP contribution in [-0.2, 0) is 11.3 Å². The van der Waals surface area contributed by atoms with Gasteiger partial charge in [0, 0.05) is 19.6 Å². The molecule has 1 unspecified atom stereocenters. The molecule has 1 aromatic rings. The van der Waals surface area contributed by atoms with Crippen molar-refractivity contribution in [1.29, 1.82) is 0 Å². The second-order valence-corrected chi connectivity index (χ2v) is 6.38. The lowest BCUT2D eigenvalue weighted by Gasteiger charge is -2.44. The highest BCUT2D eigenvalue weighted by molar-refractivity contribution is 5.84. The van der Waals surface area contributed by atoms with Crippen LogP contribution in [0.25, 0.3) is 0 Å². The van der Waals surface area contributed by atoms with E-state index in [0.717, 1.165) is 51.9 Å². The van der Waals surface area contributed by atoms with Crippen LogP contribution in [0.1, 0.15) is 36.8 Å². The molecule has 2 saturated heterocycles. The highest BCUT2D eigenvalue weighted by Crippen LogP contribution is 2.37. The second kappa shape index (κ2) is 5.57. The number of likely N-dealkylation sites (tertiary alicyclic amines) is 1. The Morgan fingerprint density at radius 3 is 2.90 bits per heavy atom. The summed E-state index contributed by atoms with van der Waals surface area (Å²) in [6.07, 6.45) is 4.38. The minimum absolute atomic E-state index is 0.111. The Kier molecular flexibility index (Phi) is 3.79. The van der Waals surface area contributed by atoms with Crippen LogP contribution in [0.4, 0.5) is 0 Å². The van der Waals surface area contributed by atoms with Gasteiger partial charge in [0.15, 0.2) is 0 Å². The zero-order chi connectivity index (χ0) is 14.0. The third-order valence-electron chi connectivity index (χ3n) is 4.75. The Hall–Kier alpha value is -1.35. The van der Waals surface area contributed by atoms with Gasteiger partial charge in [0.1, 0.15) is 0 Å². The van der Waals surface area contributed by atoms with E-state index in [4.69, 9.17) is 0 Å². The Morgan fingerprint density at radius 1 is 1.30 bits per heavy atom. The molecule has 1 N–H and O–H groups in total. The molecule has 3 heteroatoms. The zero-order valence-electron chi connectivity index (χ0n) is 12.3. The lowest BCUT2D eigenvalue weighted by atomic mass is 9.73. The predicted octanol–water partition coefficient (Wildman–Crippen LogP) is 2.49. The van der Waals surface area contributed by atoms with E-state index in [1.54, 1.807) is 0 Å². The average molecular weight is 272 g/mol. The molecule has 1 spiro atoms. The molecule has 0 aliphatic carbocycles. The topological polar surface area (TPSA) is 32.3 Å². The van der Waals surface area contributed by atoms with Crippen molar-refractivity contribution in [2.75, 3.05) is 19.6 Å². The fraction of sp³-hybridized carbons (Fsp3) is 0.588. The summed E-state index contributed by atoms with van der Waals surface area (Å²) in [5.74, 6) is 0.373. The van der Waals surface area contributed by atoms with Gasteiger partial charge in [-0.2, -0.15) is 0 Å². The van der Waals surface area contributed by atoms with Crippen molar-refractivity contribution >= 4 is 5.91 Å². The van der Waals surface area contributed by atoms with E-state index >= 15 is 0 Å². The van der Waals surface area contributed by atoms with Gasteiger partial charge in [-0.3, -0.25) is 4.79 Å². The predicted molar refractivity (Wildman–Crippen MR) is 80.4 cm³/mol. The van der Waals surface area contributed by atoms with Crippen molar-refractivity contribution in [3.8, 4) is 0 Å². The molecular weight excluding hydrogens is 248 g/mol. The number of benzene rings is 1. The van der Waals surface area contributed by atoms with Crippen LogP contribution in [0.2, 0.25) is 0 Å². The summed E-state index contributed by atoms with van der Waals surface area (Å²) in [6.45, 7) is 5.72. The first-order valence-corrected chi connectivity index (χ1v) is 7.75. The van der Waals surface area contributed by atoms with Crippen LogP contribution in [0, 0.1) is 12.3 Å². The van der Waals surface area contributed by atoms with E-state index in [-0.39, 0.29) is 5.41 Å². The summed E-state index contributed by atoms with van der Waals surface area (Å²) < 4.78 is 0. The van der Waals surface area contributed by atoms with Crippen molar-refractivity contribution in [3.05, 3.63) is 35.4 Å². The molecule has 3 nitrogen and oxygen atoms in total. The van der Waals surface area contributed by atoms with Crippen molar-refractivity contribution in [2.45, 2.75) is 39.2 Å². The van der Waals surface area contributed by atoms with Crippen LogP contribution in [-0.4, -0.2) is 30.4 Å². The monoisotopic (exact) mass is 272 g/mol. The molecule has 0 aromatic heterocycles. The van der Waals surface area contributed by atoms with Gasteiger partial charge in [0.05, 0.1) is 5.41 Å². The van der Waals surface area contributed by atoms with Gasteiger partial charge < -0.3 is 10.2 Å². The summed E-state index contributed by atoms with van der Waals surface area (Å²) >= 11 is 0. The van der Waals surface area contributed by atoms with E-state index in [9.17, 15) is 4.79 Å². The molecule has 20 heavy (non-hydrogen) atoms. The molecule has 1 atom stereocenters. The summed E-state index contributed by atoms with van der Waals surface area (Å²) in [6, 6.07) is 8.50. The normalized spacial score (nSPS) is 27.1. The summed E-state index contributed by atoms with van der Waals surface area (Å²) in [5.41, 5.74) is 2.40. The third-order valence-corrected chi connectivity index (χ3v) is 4.75. The summed E-state index contributed by atoms with van der Waals surface area (Å²) in [5, 5.41) is 3.42. The van der Waals surface area contributed by atoms with E-state index in [2.05, 4.69) is 41.4 Å². The number of aryl methyl sites for hydroxylation is 1. The number of nitrogens with zero attached hydrogens (tertiary/aromatic N) is 1. The SMILES string of the molecule is Cc1cccc(CN2CCCC3(CCCNC3)C2=O)c1. The number of amides is 1. The molecule has 1 aromatic carbocycles. The van der Waals surface area contributed by atoms with Crippen molar-refractivity contribution in [3.63, 3.8) is 0 Å². The minimum atomic E-state index is -0.111. The number of hydrogen-bond donors (Lipinski definition) is 1. The Balaban J connectivity index is 1.75. The molecule has 0 radical (unpaired) electrons. The number of piperidine rings is 2. The van der Waals surface area contributed by atoms with E-state index in [1.165, 1.54) is 11.1 Å². The number of carbonyl (C=O) groups is 1. The smallest absolute Gasteiger partial charge is 0.230 e. The zero-order valence-corrected chi connectivity index (χ0v) is 12.3. The fourth-order valence-corrected chi connectivity index (χ4v) is 3.70. The number of carbonyl (C=O) groups excluding carboxylic acids is 1. The number of nitrogens with one attached hydrogen (secondary N) is 1. The second-order valence-electron chi connectivity index (χ2n) is 6.38. The molecule has 2 aliphatic heterocycles. The van der Waals surface area contributed by atoms with Crippen molar-refractivity contribution < 1.29 is 4.79 Å². The Bertz CT molecular complexity index is 486. The van der Waals surface area contributed by atoms with Gasteiger partial charge in [-0.1, -0.05) is 29.8 Å². The molecule has 0 bridgehead atoms. The quantitative estimate of drug-likeness (QED) is 0.897. The van der Waals surface area contributed by atoms with Crippen LogP contribution >= 0.6 is 0 Å². The lowest BCUT2D eigenvalue weighted by Crippen LogP contribution is -2.54. The summed E-state index contributed by atoms with van der Waals surface area (Å²) in [7, 11) is 0. The van der Waals surface area contributed by atoms with Gasteiger partial charge in [-0.15, -0.1) is 0 Å². The maximum Gasteiger partial charge on any atom is 0.230 e. The van der Waals surface area contributed by atoms with Crippen LogP contribution in [0.3, 0.4) is 0 Å². The molecule has 3 rings (SSSR count). The largest absolute Gasteiger partial charge is 0.338 e. The van der Waals surface area contributed by atoms with Crippen LogP contribution in [0.5, 0.6) is 0 Å². The van der Waals surface area contributed by atoms with Crippen LogP contribution in [0.15, 0.2) is 24.3 Å².